The lowest BCUT2D eigenvalue weighted by Gasteiger charge is -2.19. The van der Waals surface area contributed by atoms with Crippen molar-refractivity contribution >= 4 is 0 Å². The van der Waals surface area contributed by atoms with E-state index in [0.717, 1.165) is 12.0 Å². The molecule has 3 atom stereocenters. The Bertz CT molecular complexity index is 372. The Labute approximate surface area is 112 Å². The number of hydrogen-bond donors (Lipinski definition) is 1. The standard InChI is InChI=1S/C17H27N/c1-13-5-4-6-16(11-13)9-8-15(3)18-17-10-7-14(2)12-17/h4-6,11,14-15,17-18H,7-10,12H2,1-3H3. The summed E-state index contributed by atoms with van der Waals surface area (Å²) < 4.78 is 0. The monoisotopic (exact) mass is 245 g/mol. The summed E-state index contributed by atoms with van der Waals surface area (Å²) in [5, 5.41) is 3.79. The van der Waals surface area contributed by atoms with E-state index in [2.05, 4.69) is 50.4 Å². The van der Waals surface area contributed by atoms with E-state index in [9.17, 15) is 0 Å². The Morgan fingerprint density at radius 1 is 1.33 bits per heavy atom. The second kappa shape index (κ2) is 6.38. The number of rotatable bonds is 5. The van der Waals surface area contributed by atoms with Crippen LogP contribution >= 0.6 is 0 Å². The molecular formula is C17H27N. The van der Waals surface area contributed by atoms with Gasteiger partial charge in [0.15, 0.2) is 0 Å². The lowest BCUT2D eigenvalue weighted by atomic mass is 10.0. The molecule has 1 saturated carbocycles. The largest absolute Gasteiger partial charge is 0.311 e. The van der Waals surface area contributed by atoms with E-state index < -0.39 is 0 Å². The van der Waals surface area contributed by atoms with Crippen LogP contribution in [0.2, 0.25) is 0 Å². The van der Waals surface area contributed by atoms with E-state index >= 15 is 0 Å². The van der Waals surface area contributed by atoms with Crippen molar-refractivity contribution in [2.45, 2.75) is 65.0 Å². The fraction of sp³-hybridized carbons (Fsp3) is 0.647. The summed E-state index contributed by atoms with van der Waals surface area (Å²) in [6, 6.07) is 10.3. The van der Waals surface area contributed by atoms with Crippen molar-refractivity contribution in [1.29, 1.82) is 0 Å². The zero-order chi connectivity index (χ0) is 13.0. The topological polar surface area (TPSA) is 12.0 Å². The molecule has 2 rings (SSSR count). The van der Waals surface area contributed by atoms with E-state index in [1.54, 1.807) is 0 Å². The molecule has 0 radical (unpaired) electrons. The van der Waals surface area contributed by atoms with Gasteiger partial charge >= 0.3 is 0 Å². The third-order valence-corrected chi connectivity index (χ3v) is 4.16. The first-order valence-corrected chi connectivity index (χ1v) is 7.45. The first-order chi connectivity index (χ1) is 8.63. The van der Waals surface area contributed by atoms with Gasteiger partial charge in [-0.3, -0.25) is 0 Å². The summed E-state index contributed by atoms with van der Waals surface area (Å²) in [6.45, 7) is 6.88. The number of hydrogen-bond acceptors (Lipinski definition) is 1. The van der Waals surface area contributed by atoms with Gasteiger partial charge in [-0.25, -0.2) is 0 Å². The minimum absolute atomic E-state index is 0.640. The summed E-state index contributed by atoms with van der Waals surface area (Å²) >= 11 is 0. The maximum absolute atomic E-state index is 3.79. The van der Waals surface area contributed by atoms with Crippen LogP contribution in [0.15, 0.2) is 24.3 Å². The molecule has 1 aliphatic carbocycles. The molecule has 0 heterocycles. The third kappa shape index (κ3) is 4.13. The van der Waals surface area contributed by atoms with Gasteiger partial charge in [0.25, 0.3) is 0 Å². The van der Waals surface area contributed by atoms with Crippen molar-refractivity contribution in [3.63, 3.8) is 0 Å². The average molecular weight is 245 g/mol. The van der Waals surface area contributed by atoms with E-state index in [1.165, 1.54) is 43.2 Å². The minimum atomic E-state index is 0.640. The van der Waals surface area contributed by atoms with Gasteiger partial charge in [0.05, 0.1) is 0 Å². The van der Waals surface area contributed by atoms with E-state index in [0.29, 0.717) is 6.04 Å². The summed E-state index contributed by atoms with van der Waals surface area (Å²) in [7, 11) is 0. The Hall–Kier alpha value is -0.820. The van der Waals surface area contributed by atoms with Gasteiger partial charge in [0.1, 0.15) is 0 Å². The Morgan fingerprint density at radius 3 is 2.83 bits per heavy atom. The van der Waals surface area contributed by atoms with Gasteiger partial charge in [0.2, 0.25) is 0 Å². The van der Waals surface area contributed by atoms with Gasteiger partial charge in [0, 0.05) is 12.1 Å². The zero-order valence-electron chi connectivity index (χ0n) is 12.1. The first kappa shape index (κ1) is 13.6. The molecule has 0 aliphatic heterocycles. The second-order valence-electron chi connectivity index (χ2n) is 6.21. The first-order valence-electron chi connectivity index (χ1n) is 7.45. The summed E-state index contributed by atoms with van der Waals surface area (Å²) in [5.41, 5.74) is 2.85. The SMILES string of the molecule is Cc1cccc(CCC(C)NC2CCC(C)C2)c1. The maximum Gasteiger partial charge on any atom is 0.00721 e. The molecule has 0 amide bonds. The van der Waals surface area contributed by atoms with Crippen molar-refractivity contribution in [3.8, 4) is 0 Å². The molecule has 18 heavy (non-hydrogen) atoms. The Kier molecular flexibility index (Phi) is 4.82. The summed E-state index contributed by atoms with van der Waals surface area (Å²) in [6.07, 6.45) is 6.58. The molecule has 1 nitrogen and oxygen atoms in total. The third-order valence-electron chi connectivity index (χ3n) is 4.16. The van der Waals surface area contributed by atoms with Crippen molar-refractivity contribution in [2.24, 2.45) is 5.92 Å². The molecule has 100 valence electrons. The molecule has 1 aliphatic rings. The smallest absolute Gasteiger partial charge is 0.00721 e. The molecule has 1 fully saturated rings. The normalized spacial score (nSPS) is 25.3. The number of aryl methyl sites for hydroxylation is 2. The number of nitrogens with one attached hydrogen (secondary N) is 1. The van der Waals surface area contributed by atoms with Crippen molar-refractivity contribution < 1.29 is 0 Å². The van der Waals surface area contributed by atoms with Crippen LogP contribution in [0.5, 0.6) is 0 Å². The fourth-order valence-corrected chi connectivity index (χ4v) is 3.10. The van der Waals surface area contributed by atoms with E-state index in [4.69, 9.17) is 0 Å². The van der Waals surface area contributed by atoms with Crippen LogP contribution in [0, 0.1) is 12.8 Å². The predicted molar refractivity (Wildman–Crippen MR) is 78.9 cm³/mol. The van der Waals surface area contributed by atoms with Gasteiger partial charge < -0.3 is 5.32 Å². The highest BCUT2D eigenvalue weighted by Crippen LogP contribution is 2.25. The highest BCUT2D eigenvalue weighted by atomic mass is 14.9. The van der Waals surface area contributed by atoms with Gasteiger partial charge in [-0.15, -0.1) is 0 Å². The Morgan fingerprint density at radius 2 is 2.17 bits per heavy atom. The Balaban J connectivity index is 1.73. The van der Waals surface area contributed by atoms with Crippen LogP contribution < -0.4 is 5.32 Å². The average Bonchev–Trinajstić information content (AvgIpc) is 2.72. The molecular weight excluding hydrogens is 218 g/mol. The molecule has 1 heteroatoms. The molecule has 1 aromatic rings. The van der Waals surface area contributed by atoms with E-state index in [1.807, 2.05) is 0 Å². The fourth-order valence-electron chi connectivity index (χ4n) is 3.10. The van der Waals surface area contributed by atoms with Crippen LogP contribution in [0.25, 0.3) is 0 Å². The molecule has 0 bridgehead atoms. The second-order valence-corrected chi connectivity index (χ2v) is 6.21. The van der Waals surface area contributed by atoms with Crippen LogP contribution in [0.1, 0.15) is 50.7 Å². The zero-order valence-corrected chi connectivity index (χ0v) is 12.1. The van der Waals surface area contributed by atoms with Crippen molar-refractivity contribution in [1.82, 2.24) is 5.32 Å². The molecule has 0 spiro atoms. The van der Waals surface area contributed by atoms with E-state index in [-0.39, 0.29) is 0 Å². The molecule has 0 saturated heterocycles. The maximum atomic E-state index is 3.79. The predicted octanol–water partition coefficient (Wildman–Crippen LogP) is 4.09. The van der Waals surface area contributed by atoms with Crippen LogP contribution in [0.4, 0.5) is 0 Å². The summed E-state index contributed by atoms with van der Waals surface area (Å²) in [4.78, 5) is 0. The molecule has 1 aromatic carbocycles. The summed E-state index contributed by atoms with van der Waals surface area (Å²) in [5.74, 6) is 0.923. The molecule has 3 unspecified atom stereocenters. The molecule has 1 N–H and O–H groups in total. The van der Waals surface area contributed by atoms with Gasteiger partial charge in [-0.1, -0.05) is 36.8 Å². The highest BCUT2D eigenvalue weighted by Gasteiger charge is 2.21. The van der Waals surface area contributed by atoms with Crippen molar-refractivity contribution in [2.75, 3.05) is 0 Å². The van der Waals surface area contributed by atoms with Crippen molar-refractivity contribution in [3.05, 3.63) is 35.4 Å². The minimum Gasteiger partial charge on any atom is -0.311 e. The highest BCUT2D eigenvalue weighted by molar-refractivity contribution is 5.22. The quantitative estimate of drug-likeness (QED) is 0.823. The van der Waals surface area contributed by atoms with Crippen LogP contribution in [-0.2, 0) is 6.42 Å². The lowest BCUT2D eigenvalue weighted by molar-refractivity contribution is 0.423. The lowest BCUT2D eigenvalue weighted by Crippen LogP contribution is -2.35. The molecule has 0 aromatic heterocycles. The van der Waals surface area contributed by atoms with Crippen LogP contribution in [-0.4, -0.2) is 12.1 Å². The van der Waals surface area contributed by atoms with Crippen LogP contribution in [0.3, 0.4) is 0 Å². The van der Waals surface area contributed by atoms with Gasteiger partial charge in [-0.05, 0) is 57.4 Å². The number of benzene rings is 1. The van der Waals surface area contributed by atoms with Gasteiger partial charge in [-0.2, -0.15) is 0 Å².